The average Bonchev–Trinajstić information content (AvgIpc) is 3.19. The first-order valence-corrected chi connectivity index (χ1v) is 12.5. The smallest absolute Gasteiger partial charge is 0.306 e. The lowest BCUT2D eigenvalue weighted by atomic mass is 10.0. The van der Waals surface area contributed by atoms with Crippen molar-refractivity contribution in [2.24, 2.45) is 0 Å². The molecule has 0 spiro atoms. The fraction of sp³-hybridized carbons (Fsp3) is 0.464. The van der Waals surface area contributed by atoms with E-state index in [1.165, 1.54) is 37.9 Å². The SMILES string of the molecule is O=c1[nH]c2ccccc2n1C1CCN(Cc2cccc(C#CCCN3CCCCC3)c2)CC1. The van der Waals surface area contributed by atoms with Gasteiger partial charge in [0.1, 0.15) is 0 Å². The van der Waals surface area contributed by atoms with Crippen LogP contribution in [-0.4, -0.2) is 52.1 Å². The van der Waals surface area contributed by atoms with Gasteiger partial charge in [-0.2, -0.15) is 0 Å². The minimum Gasteiger partial charge on any atom is -0.306 e. The molecule has 1 aromatic heterocycles. The van der Waals surface area contributed by atoms with Gasteiger partial charge in [0.25, 0.3) is 0 Å². The normalized spacial score (nSPS) is 18.3. The zero-order valence-electron chi connectivity index (χ0n) is 19.4. The number of rotatable bonds is 5. The third-order valence-electron chi connectivity index (χ3n) is 7.11. The number of fused-ring (bicyclic) bond motifs is 1. The van der Waals surface area contributed by atoms with E-state index in [0.29, 0.717) is 0 Å². The summed E-state index contributed by atoms with van der Waals surface area (Å²) in [7, 11) is 0. The molecule has 2 aromatic carbocycles. The van der Waals surface area contributed by atoms with Crippen molar-refractivity contribution in [3.63, 3.8) is 0 Å². The number of para-hydroxylation sites is 2. The van der Waals surface area contributed by atoms with Crippen LogP contribution in [0.5, 0.6) is 0 Å². The van der Waals surface area contributed by atoms with Gasteiger partial charge in [-0.3, -0.25) is 9.47 Å². The number of piperidine rings is 2. The first-order valence-electron chi connectivity index (χ1n) is 12.5. The van der Waals surface area contributed by atoms with Crippen LogP contribution in [0.15, 0.2) is 53.3 Å². The Kier molecular flexibility index (Phi) is 6.95. The minimum absolute atomic E-state index is 0.0150. The molecule has 33 heavy (non-hydrogen) atoms. The molecule has 3 aromatic rings. The van der Waals surface area contributed by atoms with Crippen LogP contribution < -0.4 is 5.69 Å². The molecule has 2 fully saturated rings. The van der Waals surface area contributed by atoms with Crippen LogP contribution in [0.4, 0.5) is 0 Å². The number of likely N-dealkylation sites (tertiary alicyclic amines) is 2. The maximum absolute atomic E-state index is 12.5. The van der Waals surface area contributed by atoms with E-state index >= 15 is 0 Å². The number of aromatic amines is 1. The Hall–Kier alpha value is -2.81. The summed E-state index contributed by atoms with van der Waals surface area (Å²) in [5.74, 6) is 6.75. The lowest BCUT2D eigenvalue weighted by Crippen LogP contribution is -2.36. The summed E-state index contributed by atoms with van der Waals surface area (Å²) in [4.78, 5) is 20.6. The monoisotopic (exact) mass is 442 g/mol. The maximum Gasteiger partial charge on any atom is 0.326 e. The van der Waals surface area contributed by atoms with Gasteiger partial charge in [0.2, 0.25) is 0 Å². The van der Waals surface area contributed by atoms with Crippen molar-refractivity contribution >= 4 is 11.0 Å². The van der Waals surface area contributed by atoms with Crippen LogP contribution in [0.2, 0.25) is 0 Å². The molecule has 5 rings (SSSR count). The van der Waals surface area contributed by atoms with Gasteiger partial charge in [0.05, 0.1) is 11.0 Å². The molecule has 2 saturated heterocycles. The van der Waals surface area contributed by atoms with Gasteiger partial charge < -0.3 is 9.88 Å². The highest BCUT2D eigenvalue weighted by Gasteiger charge is 2.23. The zero-order chi connectivity index (χ0) is 22.5. The largest absolute Gasteiger partial charge is 0.326 e. The second kappa shape index (κ2) is 10.4. The van der Waals surface area contributed by atoms with E-state index in [0.717, 1.165) is 62.0 Å². The maximum atomic E-state index is 12.5. The second-order valence-electron chi connectivity index (χ2n) is 9.48. The van der Waals surface area contributed by atoms with Crippen molar-refractivity contribution in [1.29, 1.82) is 0 Å². The molecule has 0 aliphatic carbocycles. The van der Waals surface area contributed by atoms with E-state index < -0.39 is 0 Å². The predicted octanol–water partition coefficient (Wildman–Crippen LogP) is 4.39. The summed E-state index contributed by atoms with van der Waals surface area (Å²) in [5.41, 5.74) is 4.40. The van der Waals surface area contributed by atoms with Gasteiger partial charge in [-0.15, -0.1) is 0 Å². The van der Waals surface area contributed by atoms with Gasteiger partial charge in [0, 0.05) is 44.2 Å². The second-order valence-corrected chi connectivity index (χ2v) is 9.48. The lowest BCUT2D eigenvalue weighted by molar-refractivity contribution is 0.180. The number of aromatic nitrogens is 2. The molecule has 2 aliphatic rings. The molecule has 0 radical (unpaired) electrons. The Labute approximate surface area is 196 Å². The fourth-order valence-electron chi connectivity index (χ4n) is 5.34. The summed E-state index contributed by atoms with van der Waals surface area (Å²) in [6.07, 6.45) is 7.01. The van der Waals surface area contributed by atoms with E-state index in [2.05, 4.69) is 50.9 Å². The van der Waals surface area contributed by atoms with Crippen molar-refractivity contribution in [3.05, 3.63) is 70.1 Å². The van der Waals surface area contributed by atoms with Crippen LogP contribution >= 0.6 is 0 Å². The Morgan fingerprint density at radius 2 is 1.73 bits per heavy atom. The predicted molar refractivity (Wildman–Crippen MR) is 134 cm³/mol. The molecule has 0 amide bonds. The Balaban J connectivity index is 1.15. The van der Waals surface area contributed by atoms with Gasteiger partial charge in [0.15, 0.2) is 0 Å². The van der Waals surface area contributed by atoms with Crippen LogP contribution in [-0.2, 0) is 6.54 Å². The van der Waals surface area contributed by atoms with E-state index in [9.17, 15) is 4.79 Å². The number of hydrogen-bond donors (Lipinski definition) is 1. The molecular weight excluding hydrogens is 408 g/mol. The summed E-state index contributed by atoms with van der Waals surface area (Å²) in [5, 5.41) is 0. The molecular formula is C28H34N4O. The van der Waals surface area contributed by atoms with Crippen LogP contribution in [0, 0.1) is 11.8 Å². The molecule has 0 unspecified atom stereocenters. The summed E-state index contributed by atoms with van der Waals surface area (Å²) < 4.78 is 1.97. The summed E-state index contributed by atoms with van der Waals surface area (Å²) in [6.45, 7) is 6.52. The molecule has 172 valence electrons. The highest BCUT2D eigenvalue weighted by molar-refractivity contribution is 5.75. The molecule has 0 bridgehead atoms. The highest BCUT2D eigenvalue weighted by atomic mass is 16.1. The van der Waals surface area contributed by atoms with Gasteiger partial charge in [-0.1, -0.05) is 42.5 Å². The van der Waals surface area contributed by atoms with Gasteiger partial charge in [-0.25, -0.2) is 4.79 Å². The van der Waals surface area contributed by atoms with E-state index in [4.69, 9.17) is 0 Å². The third kappa shape index (κ3) is 5.40. The first-order chi connectivity index (χ1) is 16.3. The van der Waals surface area contributed by atoms with Crippen LogP contribution in [0.1, 0.15) is 55.7 Å². The first kappa shape index (κ1) is 22.0. The topological polar surface area (TPSA) is 44.3 Å². The third-order valence-corrected chi connectivity index (χ3v) is 7.11. The van der Waals surface area contributed by atoms with Crippen LogP contribution in [0.25, 0.3) is 11.0 Å². The Morgan fingerprint density at radius 3 is 2.58 bits per heavy atom. The molecule has 0 saturated carbocycles. The summed E-state index contributed by atoms with van der Waals surface area (Å²) in [6, 6.07) is 16.9. The Bertz CT molecular complexity index is 1180. The number of nitrogens with one attached hydrogen (secondary N) is 1. The van der Waals surface area contributed by atoms with Gasteiger partial charge >= 0.3 is 5.69 Å². The number of benzene rings is 2. The molecule has 2 aliphatic heterocycles. The molecule has 3 heterocycles. The van der Waals surface area contributed by atoms with Crippen molar-refractivity contribution in [1.82, 2.24) is 19.4 Å². The molecule has 1 N–H and O–H groups in total. The van der Waals surface area contributed by atoms with Gasteiger partial charge in [-0.05, 0) is 68.6 Å². The van der Waals surface area contributed by atoms with Crippen molar-refractivity contribution in [3.8, 4) is 11.8 Å². The van der Waals surface area contributed by atoms with E-state index in [1.807, 2.05) is 28.8 Å². The van der Waals surface area contributed by atoms with Crippen molar-refractivity contribution in [2.75, 3.05) is 32.7 Å². The van der Waals surface area contributed by atoms with Crippen molar-refractivity contribution < 1.29 is 0 Å². The summed E-state index contributed by atoms with van der Waals surface area (Å²) >= 11 is 0. The van der Waals surface area contributed by atoms with Crippen LogP contribution in [0.3, 0.4) is 0 Å². The number of hydrogen-bond acceptors (Lipinski definition) is 3. The fourth-order valence-corrected chi connectivity index (χ4v) is 5.34. The number of nitrogens with zero attached hydrogens (tertiary/aromatic N) is 3. The standard InChI is InChI=1S/C28H34N4O/c33-28-29-26-12-2-3-13-27(26)32(28)25-14-19-31(20-15-25)22-24-11-8-10-23(21-24)9-4-7-18-30-16-5-1-6-17-30/h2-3,8,10-13,21,25H,1,5-7,14-20,22H2,(H,29,33). The lowest BCUT2D eigenvalue weighted by Gasteiger charge is -2.32. The molecule has 0 atom stereocenters. The quantitative estimate of drug-likeness (QED) is 0.596. The zero-order valence-corrected chi connectivity index (χ0v) is 19.4. The molecule has 5 heteroatoms. The Morgan fingerprint density at radius 1 is 0.909 bits per heavy atom. The minimum atomic E-state index is 0.0150. The van der Waals surface area contributed by atoms with E-state index in [-0.39, 0.29) is 11.7 Å². The average molecular weight is 443 g/mol. The van der Waals surface area contributed by atoms with E-state index in [1.54, 1.807) is 0 Å². The number of imidazole rings is 1. The molecule has 5 nitrogen and oxygen atoms in total. The number of H-pyrrole nitrogens is 1. The highest BCUT2D eigenvalue weighted by Crippen LogP contribution is 2.25. The van der Waals surface area contributed by atoms with Crippen molar-refractivity contribution in [2.45, 2.75) is 51.1 Å².